The molecule has 0 atom stereocenters. The summed E-state index contributed by atoms with van der Waals surface area (Å²) < 4.78 is 5.35. The number of nitrogens with one attached hydrogen (secondary N) is 1. The van der Waals surface area contributed by atoms with Crippen LogP contribution < -0.4 is 4.74 Å². The maximum absolute atomic E-state index is 11.3. The Morgan fingerprint density at radius 1 is 1.16 bits per heavy atom. The van der Waals surface area contributed by atoms with E-state index in [0.717, 1.165) is 0 Å². The predicted molar refractivity (Wildman–Crippen MR) is 93.6 cm³/mol. The molecule has 0 aliphatic carbocycles. The predicted octanol–water partition coefficient (Wildman–Crippen LogP) is 3.82. The summed E-state index contributed by atoms with van der Waals surface area (Å²) in [6, 6.07) is 9.58. The van der Waals surface area contributed by atoms with Crippen molar-refractivity contribution in [1.82, 2.24) is 4.98 Å². The number of aromatic carboxylic acids is 1. The van der Waals surface area contributed by atoms with Crippen molar-refractivity contribution in [3.8, 4) is 17.0 Å². The van der Waals surface area contributed by atoms with E-state index in [9.17, 15) is 19.8 Å². The van der Waals surface area contributed by atoms with Gasteiger partial charge in [0, 0.05) is 21.5 Å². The number of benzene rings is 2. The van der Waals surface area contributed by atoms with Gasteiger partial charge in [-0.3, -0.25) is 4.79 Å². The molecule has 0 unspecified atom stereocenters. The van der Waals surface area contributed by atoms with Gasteiger partial charge in [-0.25, -0.2) is 4.79 Å². The molecule has 0 spiro atoms. The maximum atomic E-state index is 11.3. The number of ether oxygens (including phenoxy) is 1. The fraction of sp³-hybridized carbons (Fsp3) is 0.111. The molecule has 2 aromatic carbocycles. The lowest BCUT2D eigenvalue weighted by Gasteiger charge is -2.09. The Hall–Kier alpha value is -2.99. The van der Waals surface area contributed by atoms with Gasteiger partial charge in [-0.05, 0) is 42.0 Å². The highest BCUT2D eigenvalue weighted by Gasteiger charge is 2.20. The number of carboxylic acids is 2. The third kappa shape index (κ3) is 3.16. The Morgan fingerprint density at radius 3 is 2.56 bits per heavy atom. The fourth-order valence-electron chi connectivity index (χ4n) is 2.82. The molecule has 0 saturated carbocycles. The van der Waals surface area contributed by atoms with E-state index in [0.29, 0.717) is 38.5 Å². The van der Waals surface area contributed by atoms with E-state index in [1.165, 1.54) is 19.2 Å². The highest BCUT2D eigenvalue weighted by molar-refractivity contribution is 6.31. The molecule has 0 bridgehead atoms. The van der Waals surface area contributed by atoms with Crippen LogP contribution in [0.4, 0.5) is 0 Å². The molecule has 6 nitrogen and oxygen atoms in total. The summed E-state index contributed by atoms with van der Waals surface area (Å²) in [6.45, 7) is 0. The van der Waals surface area contributed by atoms with Crippen molar-refractivity contribution in [1.29, 1.82) is 0 Å². The minimum Gasteiger partial charge on any atom is -0.496 e. The average Bonchev–Trinajstić information content (AvgIpc) is 2.92. The summed E-state index contributed by atoms with van der Waals surface area (Å²) in [7, 11) is 1.51. The zero-order valence-electron chi connectivity index (χ0n) is 13.2. The summed E-state index contributed by atoms with van der Waals surface area (Å²) in [5.74, 6) is -1.57. The first-order chi connectivity index (χ1) is 11.9. The second kappa shape index (κ2) is 6.49. The molecule has 3 N–H and O–H groups in total. The SMILES string of the molecule is COc1ccc(Cl)cc1-c1[nH]c2ccc(C(=O)O)cc2c1CC(=O)O. The second-order valence-corrected chi connectivity index (χ2v) is 5.90. The monoisotopic (exact) mass is 359 g/mol. The highest BCUT2D eigenvalue weighted by atomic mass is 35.5. The third-order valence-corrected chi connectivity index (χ3v) is 4.15. The molecule has 0 saturated heterocycles. The summed E-state index contributed by atoms with van der Waals surface area (Å²) in [6.07, 6.45) is -0.270. The summed E-state index contributed by atoms with van der Waals surface area (Å²) in [5, 5.41) is 19.5. The van der Waals surface area contributed by atoms with Gasteiger partial charge in [0.25, 0.3) is 0 Å². The van der Waals surface area contributed by atoms with Gasteiger partial charge in [0.05, 0.1) is 24.8 Å². The molecular weight excluding hydrogens is 346 g/mol. The van der Waals surface area contributed by atoms with Crippen LogP contribution in [-0.2, 0) is 11.2 Å². The molecule has 3 aromatic rings. The third-order valence-electron chi connectivity index (χ3n) is 3.91. The standard InChI is InChI=1S/C18H14ClNO5/c1-25-15-5-3-10(19)7-13(15)17-12(8-16(21)22)11-6-9(18(23)24)2-4-14(11)20-17/h2-7,20H,8H2,1H3,(H,21,22)(H,23,24). The Kier molecular flexibility index (Phi) is 4.37. The first-order valence-electron chi connectivity index (χ1n) is 7.34. The largest absolute Gasteiger partial charge is 0.496 e. The van der Waals surface area contributed by atoms with Gasteiger partial charge in [-0.2, -0.15) is 0 Å². The number of aromatic nitrogens is 1. The number of carbonyl (C=O) groups is 2. The lowest BCUT2D eigenvalue weighted by molar-refractivity contribution is -0.136. The van der Waals surface area contributed by atoms with E-state index in [4.69, 9.17) is 16.3 Å². The Balaban J connectivity index is 2.32. The van der Waals surface area contributed by atoms with Crippen molar-refractivity contribution in [2.45, 2.75) is 6.42 Å². The highest BCUT2D eigenvalue weighted by Crippen LogP contribution is 2.37. The van der Waals surface area contributed by atoms with Crippen LogP contribution in [-0.4, -0.2) is 34.2 Å². The molecule has 0 radical (unpaired) electrons. The summed E-state index contributed by atoms with van der Waals surface area (Å²) >= 11 is 6.08. The molecule has 3 rings (SSSR count). The van der Waals surface area contributed by atoms with Crippen LogP contribution in [0.3, 0.4) is 0 Å². The number of hydrogen-bond donors (Lipinski definition) is 3. The number of halogens is 1. The Labute approximate surface area is 147 Å². The van der Waals surface area contributed by atoms with Crippen molar-refractivity contribution in [3.63, 3.8) is 0 Å². The van der Waals surface area contributed by atoms with Crippen molar-refractivity contribution in [2.24, 2.45) is 0 Å². The van der Waals surface area contributed by atoms with E-state index < -0.39 is 11.9 Å². The summed E-state index contributed by atoms with van der Waals surface area (Å²) in [5.41, 5.74) is 2.35. The Morgan fingerprint density at radius 2 is 1.92 bits per heavy atom. The van der Waals surface area contributed by atoms with Gasteiger partial charge in [-0.1, -0.05) is 11.6 Å². The van der Waals surface area contributed by atoms with Crippen LogP contribution in [0.2, 0.25) is 5.02 Å². The van der Waals surface area contributed by atoms with Gasteiger partial charge in [0.15, 0.2) is 0 Å². The van der Waals surface area contributed by atoms with Crippen LogP contribution in [0, 0.1) is 0 Å². The van der Waals surface area contributed by atoms with Crippen LogP contribution in [0.1, 0.15) is 15.9 Å². The maximum Gasteiger partial charge on any atom is 0.335 e. The molecule has 128 valence electrons. The first-order valence-corrected chi connectivity index (χ1v) is 7.72. The normalized spacial score (nSPS) is 10.8. The quantitative estimate of drug-likeness (QED) is 0.643. The van der Waals surface area contributed by atoms with Crippen LogP contribution in [0.5, 0.6) is 5.75 Å². The molecule has 0 fully saturated rings. The number of carboxylic acid groups (broad SMARTS) is 2. The number of H-pyrrole nitrogens is 1. The van der Waals surface area contributed by atoms with Gasteiger partial charge < -0.3 is 19.9 Å². The minimum atomic E-state index is -1.08. The summed E-state index contributed by atoms with van der Waals surface area (Å²) in [4.78, 5) is 25.7. The molecule has 1 aromatic heterocycles. The van der Waals surface area contributed by atoms with Crippen molar-refractivity contribution < 1.29 is 24.5 Å². The van der Waals surface area contributed by atoms with Gasteiger partial charge in [-0.15, -0.1) is 0 Å². The molecule has 0 aliphatic rings. The molecular formula is C18H14ClNO5. The Bertz CT molecular complexity index is 993. The fourth-order valence-corrected chi connectivity index (χ4v) is 2.99. The van der Waals surface area contributed by atoms with E-state index in [1.807, 2.05) is 0 Å². The van der Waals surface area contributed by atoms with Crippen LogP contribution >= 0.6 is 11.6 Å². The van der Waals surface area contributed by atoms with Gasteiger partial charge in [0.1, 0.15) is 5.75 Å². The number of rotatable bonds is 5. The van der Waals surface area contributed by atoms with Gasteiger partial charge >= 0.3 is 11.9 Å². The van der Waals surface area contributed by atoms with Crippen molar-refractivity contribution in [3.05, 3.63) is 52.5 Å². The minimum absolute atomic E-state index is 0.0859. The zero-order valence-corrected chi connectivity index (χ0v) is 13.9. The number of aromatic amines is 1. The first kappa shape index (κ1) is 16.9. The molecule has 0 amide bonds. The topological polar surface area (TPSA) is 99.6 Å². The lowest BCUT2D eigenvalue weighted by Crippen LogP contribution is -2.02. The van der Waals surface area contributed by atoms with Crippen LogP contribution in [0.15, 0.2) is 36.4 Å². The van der Waals surface area contributed by atoms with E-state index in [1.54, 1.807) is 24.3 Å². The second-order valence-electron chi connectivity index (χ2n) is 5.46. The molecule has 0 aliphatic heterocycles. The number of fused-ring (bicyclic) bond motifs is 1. The average molecular weight is 360 g/mol. The molecule has 7 heteroatoms. The number of hydrogen-bond acceptors (Lipinski definition) is 3. The van der Waals surface area contributed by atoms with Crippen LogP contribution in [0.25, 0.3) is 22.2 Å². The molecule has 1 heterocycles. The smallest absolute Gasteiger partial charge is 0.335 e. The van der Waals surface area contributed by atoms with Crippen molar-refractivity contribution >= 4 is 34.4 Å². The van der Waals surface area contributed by atoms with E-state index in [2.05, 4.69) is 4.98 Å². The number of methoxy groups -OCH3 is 1. The van der Waals surface area contributed by atoms with Gasteiger partial charge in [0.2, 0.25) is 0 Å². The lowest BCUT2D eigenvalue weighted by atomic mass is 10.0. The number of aliphatic carboxylic acids is 1. The van der Waals surface area contributed by atoms with E-state index >= 15 is 0 Å². The zero-order chi connectivity index (χ0) is 18.1. The van der Waals surface area contributed by atoms with Crippen molar-refractivity contribution in [2.75, 3.05) is 7.11 Å². The molecule has 25 heavy (non-hydrogen) atoms. The van der Waals surface area contributed by atoms with E-state index in [-0.39, 0.29) is 12.0 Å².